The number of hydrogen-bond donors (Lipinski definition) is 2. The molecule has 0 aromatic heterocycles. The molecule has 0 spiro atoms. The van der Waals surface area contributed by atoms with E-state index in [2.05, 4.69) is 20.7 Å². The first kappa shape index (κ1) is 16.1. The Morgan fingerprint density at radius 3 is 2.62 bits per heavy atom. The van der Waals surface area contributed by atoms with Crippen LogP contribution in [0.4, 0.5) is 11.4 Å². The highest BCUT2D eigenvalue weighted by Crippen LogP contribution is 2.29. The van der Waals surface area contributed by atoms with Crippen LogP contribution in [0.5, 0.6) is 0 Å². The number of benzene rings is 2. The summed E-state index contributed by atoms with van der Waals surface area (Å²) in [6.07, 6.45) is 0.586. The van der Waals surface area contributed by atoms with Crippen molar-refractivity contribution in [1.29, 1.82) is 0 Å². The third-order valence-corrected chi connectivity index (χ3v) is 5.20. The lowest BCUT2D eigenvalue weighted by Crippen LogP contribution is -2.15. The molecule has 0 saturated carbocycles. The van der Waals surface area contributed by atoms with Gasteiger partial charge >= 0.3 is 0 Å². The van der Waals surface area contributed by atoms with Crippen LogP contribution in [0.1, 0.15) is 12.5 Å². The second-order valence-corrected chi connectivity index (χ2v) is 7.42. The third-order valence-electron chi connectivity index (χ3n) is 2.93. The summed E-state index contributed by atoms with van der Waals surface area (Å²) in [6, 6.07) is 9.81. The van der Waals surface area contributed by atoms with Crippen LogP contribution in [0.15, 0.2) is 45.8 Å². The highest BCUT2D eigenvalue weighted by atomic mass is 79.9. The number of rotatable bonds is 4. The normalized spacial score (nSPS) is 11.4. The van der Waals surface area contributed by atoms with Gasteiger partial charge in [0.1, 0.15) is 0 Å². The topological polar surface area (TPSA) is 72.2 Å². The fourth-order valence-electron chi connectivity index (χ4n) is 1.89. The van der Waals surface area contributed by atoms with E-state index in [4.69, 9.17) is 17.3 Å². The standard InChI is InChI=1S/C14H14BrClN2O2S/c1-2-9-3-5-11(17)8-14(9)21(19,20)18-13-7-10(15)4-6-12(13)16/h3-8,18H,2,17H2,1H3. The van der Waals surface area contributed by atoms with E-state index in [0.29, 0.717) is 28.4 Å². The van der Waals surface area contributed by atoms with Gasteiger partial charge in [-0.25, -0.2) is 8.42 Å². The van der Waals surface area contributed by atoms with Gasteiger partial charge in [-0.05, 0) is 42.3 Å². The summed E-state index contributed by atoms with van der Waals surface area (Å²) < 4.78 is 28.3. The molecule has 3 N–H and O–H groups in total. The number of nitrogens with one attached hydrogen (secondary N) is 1. The van der Waals surface area contributed by atoms with Crippen LogP contribution >= 0.6 is 27.5 Å². The van der Waals surface area contributed by atoms with Gasteiger partial charge in [0.15, 0.2) is 0 Å². The van der Waals surface area contributed by atoms with Gasteiger partial charge < -0.3 is 5.73 Å². The monoisotopic (exact) mass is 388 g/mol. The molecule has 0 unspecified atom stereocenters. The molecule has 7 heteroatoms. The number of anilines is 2. The molecule has 21 heavy (non-hydrogen) atoms. The molecule has 0 saturated heterocycles. The quantitative estimate of drug-likeness (QED) is 0.775. The number of nitrogens with two attached hydrogens (primary N) is 1. The summed E-state index contributed by atoms with van der Waals surface area (Å²) in [5.74, 6) is 0. The Kier molecular flexibility index (Phi) is 4.81. The molecule has 0 radical (unpaired) electrons. The second-order valence-electron chi connectivity index (χ2n) is 4.45. The Labute approximate surface area is 137 Å². The largest absolute Gasteiger partial charge is 0.399 e. The summed E-state index contributed by atoms with van der Waals surface area (Å²) in [5.41, 5.74) is 7.11. The van der Waals surface area contributed by atoms with Gasteiger partial charge in [0.05, 0.1) is 15.6 Å². The van der Waals surface area contributed by atoms with E-state index in [1.54, 1.807) is 30.3 Å². The van der Waals surface area contributed by atoms with Gasteiger partial charge in [-0.3, -0.25) is 4.72 Å². The number of halogens is 2. The third kappa shape index (κ3) is 3.70. The summed E-state index contributed by atoms with van der Waals surface area (Å²) in [4.78, 5) is 0.168. The summed E-state index contributed by atoms with van der Waals surface area (Å²) >= 11 is 9.31. The molecule has 0 aliphatic heterocycles. The molecule has 4 nitrogen and oxygen atoms in total. The molecule has 0 fully saturated rings. The molecule has 0 amide bonds. The average Bonchev–Trinajstić information content (AvgIpc) is 2.42. The fraction of sp³-hybridized carbons (Fsp3) is 0.143. The molecule has 0 aliphatic carbocycles. The SMILES string of the molecule is CCc1ccc(N)cc1S(=O)(=O)Nc1cc(Br)ccc1Cl. The van der Waals surface area contributed by atoms with Crippen molar-refractivity contribution in [3.8, 4) is 0 Å². The lowest BCUT2D eigenvalue weighted by atomic mass is 10.1. The minimum atomic E-state index is -3.75. The van der Waals surface area contributed by atoms with Crippen molar-refractivity contribution >= 4 is 48.9 Å². The van der Waals surface area contributed by atoms with Crippen molar-refractivity contribution < 1.29 is 8.42 Å². The average molecular weight is 390 g/mol. The zero-order valence-electron chi connectivity index (χ0n) is 11.2. The number of sulfonamides is 1. The van der Waals surface area contributed by atoms with E-state index in [9.17, 15) is 8.42 Å². The predicted octanol–water partition coefficient (Wildman–Crippen LogP) is 4.05. The molecule has 2 aromatic rings. The Balaban J connectivity index is 2.48. The van der Waals surface area contributed by atoms with E-state index >= 15 is 0 Å². The zero-order chi connectivity index (χ0) is 15.6. The van der Waals surface area contributed by atoms with E-state index in [1.807, 2.05) is 6.92 Å². The molecule has 0 bridgehead atoms. The molecular weight excluding hydrogens is 376 g/mol. The summed E-state index contributed by atoms with van der Waals surface area (Å²) in [6.45, 7) is 1.89. The molecule has 0 heterocycles. The van der Waals surface area contributed by atoms with Gasteiger partial charge in [0.25, 0.3) is 10.0 Å². The Morgan fingerprint density at radius 2 is 1.95 bits per heavy atom. The van der Waals surface area contributed by atoms with Crippen LogP contribution in [-0.4, -0.2) is 8.42 Å². The first-order valence-corrected chi connectivity index (χ1v) is 8.85. The van der Waals surface area contributed by atoms with Crippen molar-refractivity contribution in [2.75, 3.05) is 10.5 Å². The van der Waals surface area contributed by atoms with Crippen LogP contribution in [0.3, 0.4) is 0 Å². The van der Waals surface area contributed by atoms with E-state index in [1.165, 1.54) is 6.07 Å². The lowest BCUT2D eigenvalue weighted by molar-refractivity contribution is 0.600. The molecule has 0 aliphatic rings. The van der Waals surface area contributed by atoms with Crippen molar-refractivity contribution in [2.24, 2.45) is 0 Å². The van der Waals surface area contributed by atoms with E-state index in [0.717, 1.165) is 4.47 Å². The minimum Gasteiger partial charge on any atom is -0.399 e. The van der Waals surface area contributed by atoms with Crippen LogP contribution < -0.4 is 10.5 Å². The highest BCUT2D eigenvalue weighted by molar-refractivity contribution is 9.10. The highest BCUT2D eigenvalue weighted by Gasteiger charge is 2.19. The first-order valence-electron chi connectivity index (χ1n) is 6.19. The molecular formula is C14H14BrClN2O2S. The zero-order valence-corrected chi connectivity index (χ0v) is 14.4. The summed E-state index contributed by atoms with van der Waals surface area (Å²) in [5, 5.41) is 0.323. The Morgan fingerprint density at radius 1 is 1.24 bits per heavy atom. The fourth-order valence-corrected chi connectivity index (χ4v) is 3.89. The summed E-state index contributed by atoms with van der Waals surface area (Å²) in [7, 11) is -3.75. The number of nitrogen functional groups attached to an aromatic ring is 1. The molecule has 2 aromatic carbocycles. The van der Waals surface area contributed by atoms with Crippen molar-refractivity contribution in [1.82, 2.24) is 0 Å². The Hall–Kier alpha value is -1.24. The van der Waals surface area contributed by atoms with Crippen LogP contribution in [-0.2, 0) is 16.4 Å². The van der Waals surface area contributed by atoms with Crippen molar-refractivity contribution in [3.05, 3.63) is 51.5 Å². The predicted molar refractivity (Wildman–Crippen MR) is 90.2 cm³/mol. The Bertz CT molecular complexity index is 779. The van der Waals surface area contributed by atoms with Gasteiger partial charge in [0.2, 0.25) is 0 Å². The maximum Gasteiger partial charge on any atom is 0.262 e. The van der Waals surface area contributed by atoms with Crippen molar-refractivity contribution in [3.63, 3.8) is 0 Å². The van der Waals surface area contributed by atoms with Crippen LogP contribution in [0.2, 0.25) is 5.02 Å². The minimum absolute atomic E-state index is 0.168. The van der Waals surface area contributed by atoms with Crippen LogP contribution in [0.25, 0.3) is 0 Å². The maximum absolute atomic E-state index is 12.6. The lowest BCUT2D eigenvalue weighted by Gasteiger charge is -2.13. The van der Waals surface area contributed by atoms with Crippen LogP contribution in [0, 0.1) is 0 Å². The van der Waals surface area contributed by atoms with Gasteiger partial charge in [0, 0.05) is 10.2 Å². The van der Waals surface area contributed by atoms with E-state index < -0.39 is 10.0 Å². The number of hydrogen-bond acceptors (Lipinski definition) is 3. The second kappa shape index (κ2) is 6.25. The van der Waals surface area contributed by atoms with Gasteiger partial charge in [-0.15, -0.1) is 0 Å². The van der Waals surface area contributed by atoms with Gasteiger partial charge in [-0.1, -0.05) is 40.5 Å². The molecule has 2 rings (SSSR count). The maximum atomic E-state index is 12.6. The molecule has 112 valence electrons. The molecule has 0 atom stereocenters. The van der Waals surface area contributed by atoms with Crippen molar-refractivity contribution in [2.45, 2.75) is 18.2 Å². The first-order chi connectivity index (χ1) is 9.83. The van der Waals surface area contributed by atoms with Gasteiger partial charge in [-0.2, -0.15) is 0 Å². The smallest absolute Gasteiger partial charge is 0.262 e. The number of aryl methyl sites for hydroxylation is 1. The van der Waals surface area contributed by atoms with E-state index in [-0.39, 0.29) is 4.90 Å².